The minimum absolute atomic E-state index is 0.199. The molecule has 0 saturated heterocycles. The van der Waals surface area contributed by atoms with Gasteiger partial charge in [-0.2, -0.15) is 0 Å². The highest BCUT2D eigenvalue weighted by Gasteiger charge is 2.02. The number of halogens is 1. The van der Waals surface area contributed by atoms with Crippen molar-refractivity contribution in [1.82, 2.24) is 0 Å². The Labute approximate surface area is 97.9 Å². The molecule has 1 N–H and O–H groups in total. The quantitative estimate of drug-likeness (QED) is 0.856. The summed E-state index contributed by atoms with van der Waals surface area (Å²) < 4.78 is 5.61. The van der Waals surface area contributed by atoms with E-state index in [1.165, 1.54) is 7.11 Å². The second-order valence-corrected chi connectivity index (χ2v) is 4.02. The highest BCUT2D eigenvalue weighted by molar-refractivity contribution is 9.10. The molecule has 0 atom stereocenters. The SMILES string of the molecule is COC(=O)CCNc1cccc(Br)c1C. The van der Waals surface area contributed by atoms with Crippen LogP contribution in [0.15, 0.2) is 22.7 Å². The maximum Gasteiger partial charge on any atom is 0.307 e. The first kappa shape index (κ1) is 12.0. The summed E-state index contributed by atoms with van der Waals surface area (Å²) in [5.74, 6) is -0.199. The number of hydrogen-bond donors (Lipinski definition) is 1. The van der Waals surface area contributed by atoms with Gasteiger partial charge in [0.25, 0.3) is 0 Å². The number of benzene rings is 1. The Morgan fingerprint density at radius 1 is 1.53 bits per heavy atom. The maximum atomic E-state index is 10.9. The van der Waals surface area contributed by atoms with Crippen molar-refractivity contribution in [1.29, 1.82) is 0 Å². The minimum atomic E-state index is -0.199. The van der Waals surface area contributed by atoms with Gasteiger partial charge in [0.2, 0.25) is 0 Å². The fourth-order valence-electron chi connectivity index (χ4n) is 1.20. The summed E-state index contributed by atoms with van der Waals surface area (Å²) in [4.78, 5) is 10.9. The van der Waals surface area contributed by atoms with Crippen LogP contribution >= 0.6 is 15.9 Å². The van der Waals surface area contributed by atoms with Gasteiger partial charge in [0.15, 0.2) is 0 Å². The molecule has 0 aromatic heterocycles. The van der Waals surface area contributed by atoms with Gasteiger partial charge in [-0.25, -0.2) is 0 Å². The van der Waals surface area contributed by atoms with Gasteiger partial charge >= 0.3 is 5.97 Å². The first-order valence-electron chi connectivity index (χ1n) is 4.71. The first-order valence-corrected chi connectivity index (χ1v) is 5.50. The lowest BCUT2D eigenvalue weighted by Gasteiger charge is -2.09. The third-order valence-corrected chi connectivity index (χ3v) is 3.00. The van der Waals surface area contributed by atoms with E-state index in [-0.39, 0.29) is 5.97 Å². The normalized spacial score (nSPS) is 9.80. The molecule has 0 radical (unpaired) electrons. The third kappa shape index (κ3) is 3.55. The molecule has 15 heavy (non-hydrogen) atoms. The van der Waals surface area contributed by atoms with Crippen LogP contribution in [0.25, 0.3) is 0 Å². The van der Waals surface area contributed by atoms with Gasteiger partial charge in [0.05, 0.1) is 13.5 Å². The van der Waals surface area contributed by atoms with Gasteiger partial charge in [-0.15, -0.1) is 0 Å². The monoisotopic (exact) mass is 271 g/mol. The molecule has 0 heterocycles. The number of anilines is 1. The fraction of sp³-hybridized carbons (Fsp3) is 0.364. The van der Waals surface area contributed by atoms with E-state index in [4.69, 9.17) is 0 Å². The standard InChI is InChI=1S/C11H14BrNO2/c1-8-9(12)4-3-5-10(8)13-7-6-11(14)15-2/h3-5,13H,6-7H2,1-2H3. The number of ether oxygens (including phenoxy) is 1. The van der Waals surface area contributed by atoms with Crippen molar-refractivity contribution in [2.75, 3.05) is 19.0 Å². The molecule has 0 aliphatic heterocycles. The molecule has 0 aliphatic rings. The molecule has 0 amide bonds. The summed E-state index contributed by atoms with van der Waals surface area (Å²) in [6.45, 7) is 2.61. The summed E-state index contributed by atoms with van der Waals surface area (Å²) in [5, 5.41) is 3.19. The van der Waals surface area contributed by atoms with Crippen LogP contribution in [0, 0.1) is 6.92 Å². The summed E-state index contributed by atoms with van der Waals surface area (Å²) >= 11 is 3.45. The van der Waals surface area contributed by atoms with Crippen molar-refractivity contribution in [3.05, 3.63) is 28.2 Å². The lowest BCUT2D eigenvalue weighted by molar-refractivity contribution is -0.140. The lowest BCUT2D eigenvalue weighted by Crippen LogP contribution is -2.10. The minimum Gasteiger partial charge on any atom is -0.469 e. The van der Waals surface area contributed by atoms with Crippen LogP contribution in [0.3, 0.4) is 0 Å². The zero-order valence-electron chi connectivity index (χ0n) is 8.84. The number of methoxy groups -OCH3 is 1. The largest absolute Gasteiger partial charge is 0.469 e. The summed E-state index contributed by atoms with van der Waals surface area (Å²) in [5.41, 5.74) is 2.18. The van der Waals surface area contributed by atoms with E-state index in [1.807, 2.05) is 25.1 Å². The smallest absolute Gasteiger partial charge is 0.307 e. The van der Waals surface area contributed by atoms with Crippen LogP contribution in [-0.4, -0.2) is 19.6 Å². The summed E-state index contributed by atoms with van der Waals surface area (Å²) in [6, 6.07) is 5.93. The number of rotatable bonds is 4. The van der Waals surface area contributed by atoms with E-state index < -0.39 is 0 Å². The number of esters is 1. The van der Waals surface area contributed by atoms with Gasteiger partial charge in [-0.1, -0.05) is 22.0 Å². The second-order valence-electron chi connectivity index (χ2n) is 3.17. The van der Waals surface area contributed by atoms with Crippen LogP contribution in [0.1, 0.15) is 12.0 Å². The van der Waals surface area contributed by atoms with Crippen molar-refractivity contribution in [3.63, 3.8) is 0 Å². The molecule has 0 unspecified atom stereocenters. The predicted molar refractivity (Wildman–Crippen MR) is 64.0 cm³/mol. The van der Waals surface area contributed by atoms with Gasteiger partial charge in [-0.3, -0.25) is 4.79 Å². The molecule has 1 aromatic rings. The molecule has 1 rings (SSSR count). The molecule has 0 spiro atoms. The molecule has 0 aliphatic carbocycles. The van der Waals surface area contributed by atoms with Crippen molar-refractivity contribution in [3.8, 4) is 0 Å². The maximum absolute atomic E-state index is 10.9. The molecule has 1 aromatic carbocycles. The van der Waals surface area contributed by atoms with Crippen LogP contribution < -0.4 is 5.32 Å². The van der Waals surface area contributed by atoms with E-state index in [9.17, 15) is 4.79 Å². The Balaban J connectivity index is 2.51. The first-order chi connectivity index (χ1) is 7.15. The average molecular weight is 272 g/mol. The molecule has 82 valence electrons. The average Bonchev–Trinajstić information content (AvgIpc) is 2.24. The van der Waals surface area contributed by atoms with E-state index in [0.29, 0.717) is 13.0 Å². The number of carbonyl (C=O) groups excluding carboxylic acids is 1. The molecule has 0 saturated carbocycles. The van der Waals surface area contributed by atoms with E-state index in [0.717, 1.165) is 15.7 Å². The van der Waals surface area contributed by atoms with Crippen molar-refractivity contribution >= 4 is 27.6 Å². The molecule has 4 heteroatoms. The summed E-state index contributed by atoms with van der Waals surface area (Å²) in [7, 11) is 1.40. The zero-order chi connectivity index (χ0) is 11.3. The van der Waals surface area contributed by atoms with Gasteiger partial charge < -0.3 is 10.1 Å². The number of nitrogens with one attached hydrogen (secondary N) is 1. The number of carbonyl (C=O) groups is 1. The zero-order valence-corrected chi connectivity index (χ0v) is 10.4. The predicted octanol–water partition coefficient (Wildman–Crippen LogP) is 2.73. The Kier molecular flexibility index (Phi) is 4.62. The Morgan fingerprint density at radius 3 is 2.93 bits per heavy atom. The van der Waals surface area contributed by atoms with Crippen LogP contribution in [0.4, 0.5) is 5.69 Å². The molecular weight excluding hydrogens is 258 g/mol. The second kappa shape index (κ2) is 5.75. The van der Waals surface area contributed by atoms with E-state index >= 15 is 0 Å². The number of hydrogen-bond acceptors (Lipinski definition) is 3. The third-order valence-electron chi connectivity index (χ3n) is 2.14. The van der Waals surface area contributed by atoms with Crippen LogP contribution in [0.2, 0.25) is 0 Å². The van der Waals surface area contributed by atoms with Crippen LogP contribution in [0.5, 0.6) is 0 Å². The molecule has 3 nitrogen and oxygen atoms in total. The lowest BCUT2D eigenvalue weighted by atomic mass is 10.2. The van der Waals surface area contributed by atoms with Crippen molar-refractivity contribution < 1.29 is 9.53 Å². The van der Waals surface area contributed by atoms with Gasteiger partial charge in [0.1, 0.15) is 0 Å². The summed E-state index contributed by atoms with van der Waals surface area (Å²) in [6.07, 6.45) is 0.377. The van der Waals surface area contributed by atoms with E-state index in [1.54, 1.807) is 0 Å². The van der Waals surface area contributed by atoms with Crippen molar-refractivity contribution in [2.45, 2.75) is 13.3 Å². The highest BCUT2D eigenvalue weighted by Crippen LogP contribution is 2.23. The Bertz CT molecular complexity index is 352. The van der Waals surface area contributed by atoms with E-state index in [2.05, 4.69) is 26.0 Å². The van der Waals surface area contributed by atoms with Crippen molar-refractivity contribution in [2.24, 2.45) is 0 Å². The molecule has 0 fully saturated rings. The Hall–Kier alpha value is -1.03. The highest BCUT2D eigenvalue weighted by atomic mass is 79.9. The topological polar surface area (TPSA) is 38.3 Å². The Morgan fingerprint density at radius 2 is 2.27 bits per heavy atom. The molecule has 0 bridgehead atoms. The van der Waals surface area contributed by atoms with Crippen LogP contribution in [-0.2, 0) is 9.53 Å². The van der Waals surface area contributed by atoms with Gasteiger partial charge in [-0.05, 0) is 24.6 Å². The molecular formula is C11H14BrNO2. The van der Waals surface area contributed by atoms with Gasteiger partial charge in [0, 0.05) is 16.7 Å². The fourth-order valence-corrected chi connectivity index (χ4v) is 1.57.